The molecule has 0 aliphatic carbocycles. The molecule has 2 aromatic carbocycles. The quantitative estimate of drug-likeness (QED) is 0.765. The molecule has 0 spiro atoms. The molecule has 6 heteroatoms. The molecule has 0 bridgehead atoms. The van der Waals surface area contributed by atoms with Crippen molar-refractivity contribution < 1.29 is 29.3 Å². The highest BCUT2D eigenvalue weighted by atomic mass is 16.5. The van der Waals surface area contributed by atoms with Crippen LogP contribution in [0.1, 0.15) is 24.0 Å². The number of methoxy groups -OCH3 is 2. The summed E-state index contributed by atoms with van der Waals surface area (Å²) in [5.74, 6) is -0.933. The van der Waals surface area contributed by atoms with Crippen LogP contribution < -0.4 is 9.47 Å². The van der Waals surface area contributed by atoms with Gasteiger partial charge < -0.3 is 19.7 Å². The third-order valence-corrected chi connectivity index (χ3v) is 4.19. The van der Waals surface area contributed by atoms with E-state index >= 15 is 0 Å². The zero-order chi connectivity index (χ0) is 18.4. The minimum absolute atomic E-state index is 0.349. The number of aliphatic carboxylic acids is 2. The number of hydrogen-bond donors (Lipinski definition) is 2. The van der Waals surface area contributed by atoms with Crippen molar-refractivity contribution in [3.8, 4) is 11.5 Å². The fraction of sp³-hybridized carbons (Fsp3) is 0.263. The summed E-state index contributed by atoms with van der Waals surface area (Å²) >= 11 is 0. The summed E-state index contributed by atoms with van der Waals surface area (Å²) in [6, 6.07) is 13.6. The Morgan fingerprint density at radius 3 is 1.32 bits per heavy atom. The molecule has 2 N–H and O–H groups in total. The van der Waals surface area contributed by atoms with E-state index in [0.29, 0.717) is 22.6 Å². The van der Waals surface area contributed by atoms with Gasteiger partial charge in [-0.05, 0) is 35.4 Å². The second-order valence-corrected chi connectivity index (χ2v) is 5.68. The second kappa shape index (κ2) is 7.70. The molecule has 2 rings (SSSR count). The SMILES string of the molecule is COc1ccc(C(CC(=O)O)(CC(=O)O)c2ccc(OC)cc2)cc1. The summed E-state index contributed by atoms with van der Waals surface area (Å²) in [6.07, 6.45) is -0.698. The van der Waals surface area contributed by atoms with Gasteiger partial charge in [0.2, 0.25) is 0 Å². The van der Waals surface area contributed by atoms with E-state index in [9.17, 15) is 19.8 Å². The van der Waals surface area contributed by atoms with Crippen LogP contribution in [0.3, 0.4) is 0 Å². The molecule has 2 aromatic rings. The van der Waals surface area contributed by atoms with E-state index in [1.54, 1.807) is 48.5 Å². The van der Waals surface area contributed by atoms with Crippen molar-refractivity contribution in [2.75, 3.05) is 14.2 Å². The maximum absolute atomic E-state index is 11.5. The number of rotatable bonds is 8. The average Bonchev–Trinajstić information content (AvgIpc) is 2.60. The summed E-state index contributed by atoms with van der Waals surface area (Å²) in [5.41, 5.74) is 0.00229. The maximum atomic E-state index is 11.5. The topological polar surface area (TPSA) is 93.1 Å². The van der Waals surface area contributed by atoms with Crippen LogP contribution in [0.4, 0.5) is 0 Å². The molecule has 0 atom stereocenters. The Kier molecular flexibility index (Phi) is 5.64. The lowest BCUT2D eigenvalue weighted by molar-refractivity contribution is -0.140. The Morgan fingerprint density at radius 2 is 1.08 bits per heavy atom. The van der Waals surface area contributed by atoms with Crippen LogP contribution in [0.2, 0.25) is 0 Å². The molecular weight excluding hydrogens is 324 g/mol. The molecule has 0 heterocycles. The van der Waals surface area contributed by atoms with E-state index < -0.39 is 17.4 Å². The molecule has 0 saturated heterocycles. The van der Waals surface area contributed by atoms with Gasteiger partial charge in [0.1, 0.15) is 11.5 Å². The minimum Gasteiger partial charge on any atom is -0.497 e. The first-order chi connectivity index (χ1) is 11.9. The smallest absolute Gasteiger partial charge is 0.304 e. The molecule has 0 saturated carbocycles. The number of ether oxygens (including phenoxy) is 2. The summed E-state index contributed by atoms with van der Waals surface area (Å²) < 4.78 is 10.3. The van der Waals surface area contributed by atoms with Crippen LogP contribution in [-0.4, -0.2) is 36.4 Å². The summed E-state index contributed by atoms with van der Waals surface area (Å²) in [6.45, 7) is 0. The van der Waals surface area contributed by atoms with Gasteiger partial charge in [-0.15, -0.1) is 0 Å². The monoisotopic (exact) mass is 344 g/mol. The Balaban J connectivity index is 2.63. The highest BCUT2D eigenvalue weighted by Crippen LogP contribution is 2.40. The number of carbonyl (C=O) groups is 2. The van der Waals surface area contributed by atoms with Crippen molar-refractivity contribution in [2.24, 2.45) is 0 Å². The molecule has 0 aromatic heterocycles. The van der Waals surface area contributed by atoms with Crippen LogP contribution in [-0.2, 0) is 15.0 Å². The van der Waals surface area contributed by atoms with Crippen molar-refractivity contribution in [1.82, 2.24) is 0 Å². The highest BCUT2D eigenvalue weighted by molar-refractivity contribution is 5.76. The van der Waals surface area contributed by atoms with Crippen LogP contribution in [0.25, 0.3) is 0 Å². The Morgan fingerprint density at radius 1 is 0.760 bits per heavy atom. The average molecular weight is 344 g/mol. The molecular formula is C19H20O6. The number of benzene rings is 2. The van der Waals surface area contributed by atoms with E-state index in [-0.39, 0.29) is 12.8 Å². The van der Waals surface area contributed by atoms with Gasteiger partial charge in [0.05, 0.1) is 27.1 Å². The molecule has 0 amide bonds. The van der Waals surface area contributed by atoms with E-state index in [1.807, 2.05) is 0 Å². The first-order valence-electron chi connectivity index (χ1n) is 7.64. The lowest BCUT2D eigenvalue weighted by Crippen LogP contribution is -2.33. The number of carboxylic acids is 2. The Hall–Kier alpha value is -3.02. The second-order valence-electron chi connectivity index (χ2n) is 5.68. The highest BCUT2D eigenvalue weighted by Gasteiger charge is 2.39. The van der Waals surface area contributed by atoms with E-state index in [0.717, 1.165) is 0 Å². The van der Waals surface area contributed by atoms with Crippen molar-refractivity contribution in [3.05, 3.63) is 59.7 Å². The van der Waals surface area contributed by atoms with E-state index in [4.69, 9.17) is 9.47 Å². The molecule has 0 fully saturated rings. The van der Waals surface area contributed by atoms with Gasteiger partial charge >= 0.3 is 11.9 Å². The zero-order valence-electron chi connectivity index (χ0n) is 14.1. The third-order valence-electron chi connectivity index (χ3n) is 4.19. The van der Waals surface area contributed by atoms with E-state index in [1.165, 1.54) is 14.2 Å². The predicted octanol–water partition coefficient (Wildman–Crippen LogP) is 2.94. The zero-order valence-corrected chi connectivity index (χ0v) is 14.1. The molecule has 0 aliphatic rings. The first-order valence-corrected chi connectivity index (χ1v) is 7.64. The van der Waals surface area contributed by atoms with Crippen LogP contribution in [0, 0.1) is 0 Å². The molecule has 0 aliphatic heterocycles. The number of hydrogen-bond acceptors (Lipinski definition) is 4. The fourth-order valence-corrected chi connectivity index (χ4v) is 2.97. The lowest BCUT2D eigenvalue weighted by Gasteiger charge is -2.32. The molecule has 0 unspecified atom stereocenters. The first kappa shape index (κ1) is 18.3. The minimum atomic E-state index is -1.20. The Labute approximate surface area is 145 Å². The van der Waals surface area contributed by atoms with Gasteiger partial charge in [0, 0.05) is 5.41 Å². The maximum Gasteiger partial charge on any atom is 0.304 e. The van der Waals surface area contributed by atoms with Gasteiger partial charge in [0.15, 0.2) is 0 Å². The van der Waals surface area contributed by atoms with Crippen molar-refractivity contribution in [1.29, 1.82) is 0 Å². The molecule has 25 heavy (non-hydrogen) atoms. The van der Waals surface area contributed by atoms with E-state index in [2.05, 4.69) is 0 Å². The van der Waals surface area contributed by atoms with Crippen molar-refractivity contribution in [3.63, 3.8) is 0 Å². The molecule has 0 radical (unpaired) electrons. The van der Waals surface area contributed by atoms with Crippen LogP contribution in [0.15, 0.2) is 48.5 Å². The fourth-order valence-electron chi connectivity index (χ4n) is 2.97. The largest absolute Gasteiger partial charge is 0.497 e. The third kappa shape index (κ3) is 4.09. The lowest BCUT2D eigenvalue weighted by atomic mass is 9.69. The summed E-state index contributed by atoms with van der Waals surface area (Å²) in [7, 11) is 3.06. The van der Waals surface area contributed by atoms with Gasteiger partial charge in [-0.2, -0.15) is 0 Å². The normalized spacial score (nSPS) is 11.0. The summed E-state index contributed by atoms with van der Waals surface area (Å²) in [5, 5.41) is 18.9. The van der Waals surface area contributed by atoms with Gasteiger partial charge in [-0.1, -0.05) is 24.3 Å². The molecule has 6 nitrogen and oxygen atoms in total. The van der Waals surface area contributed by atoms with Gasteiger partial charge in [-0.25, -0.2) is 0 Å². The Bertz CT molecular complexity index is 668. The van der Waals surface area contributed by atoms with Crippen molar-refractivity contribution >= 4 is 11.9 Å². The van der Waals surface area contributed by atoms with Gasteiger partial charge in [-0.3, -0.25) is 9.59 Å². The standard InChI is InChI=1S/C19H20O6/c1-24-15-7-3-13(4-8-15)19(11-17(20)21,12-18(22)23)14-5-9-16(25-2)10-6-14/h3-10H,11-12H2,1-2H3,(H,20,21)(H,22,23). The van der Waals surface area contributed by atoms with Crippen molar-refractivity contribution in [2.45, 2.75) is 18.3 Å². The number of carboxylic acid groups (broad SMARTS) is 2. The van der Waals surface area contributed by atoms with Crippen LogP contribution in [0.5, 0.6) is 11.5 Å². The summed E-state index contributed by atoms with van der Waals surface area (Å²) in [4.78, 5) is 23.1. The predicted molar refractivity (Wildman–Crippen MR) is 91.3 cm³/mol. The van der Waals surface area contributed by atoms with Gasteiger partial charge in [0.25, 0.3) is 0 Å². The van der Waals surface area contributed by atoms with Crippen LogP contribution >= 0.6 is 0 Å². The molecule has 132 valence electrons.